The monoisotopic (exact) mass is 346 g/mol. The number of hydrogen-bond donors (Lipinski definition) is 2. The second-order valence-corrected chi connectivity index (χ2v) is 6.73. The molecule has 1 saturated carbocycles. The van der Waals surface area contributed by atoms with Gasteiger partial charge in [-0.15, -0.1) is 12.4 Å². The highest BCUT2D eigenvalue weighted by molar-refractivity contribution is 5.85. The molecule has 1 aliphatic heterocycles. The number of nitrogens with zero attached hydrogens (tertiary/aromatic N) is 2. The van der Waals surface area contributed by atoms with Crippen molar-refractivity contribution in [3.8, 4) is 0 Å². The van der Waals surface area contributed by atoms with Gasteiger partial charge in [-0.3, -0.25) is 14.5 Å². The number of carbonyl (C=O) groups excluding carboxylic acids is 2. The molecule has 7 heteroatoms. The minimum Gasteiger partial charge on any atom is -0.352 e. The Balaban J connectivity index is 0.00000264. The van der Waals surface area contributed by atoms with Gasteiger partial charge in [0.15, 0.2) is 0 Å². The average Bonchev–Trinajstić information content (AvgIpc) is 2.48. The van der Waals surface area contributed by atoms with Crippen molar-refractivity contribution in [2.45, 2.75) is 45.1 Å². The third-order valence-corrected chi connectivity index (χ3v) is 4.75. The lowest BCUT2D eigenvalue weighted by atomic mass is 9.87. The number of amides is 2. The zero-order valence-corrected chi connectivity index (χ0v) is 14.9. The van der Waals surface area contributed by atoms with Crippen LogP contribution in [-0.2, 0) is 9.59 Å². The topological polar surface area (TPSA) is 78.7 Å². The van der Waals surface area contributed by atoms with Gasteiger partial charge in [0.2, 0.25) is 11.8 Å². The number of halogens is 1. The summed E-state index contributed by atoms with van der Waals surface area (Å²) >= 11 is 0. The van der Waals surface area contributed by atoms with Crippen LogP contribution in [0.25, 0.3) is 0 Å². The van der Waals surface area contributed by atoms with Crippen LogP contribution in [0.15, 0.2) is 0 Å². The standard InChI is InChI=1S/C16H30N4O2.ClH/c1-13-3-2-4-14(11-13)18-15(21)12-19-7-9-20(10-8-19)16(22)5-6-17;/h13-14H,2-12,17H2,1H3,(H,18,21);1H. The highest BCUT2D eigenvalue weighted by atomic mass is 35.5. The van der Waals surface area contributed by atoms with Crippen LogP contribution in [0.2, 0.25) is 0 Å². The molecule has 0 spiro atoms. The summed E-state index contributed by atoms with van der Waals surface area (Å²) in [4.78, 5) is 27.9. The molecule has 2 amide bonds. The van der Waals surface area contributed by atoms with Crippen LogP contribution in [0.5, 0.6) is 0 Å². The number of carbonyl (C=O) groups is 2. The number of piperazine rings is 1. The van der Waals surface area contributed by atoms with Gasteiger partial charge in [0.25, 0.3) is 0 Å². The van der Waals surface area contributed by atoms with Crippen LogP contribution in [0.4, 0.5) is 0 Å². The average molecular weight is 347 g/mol. The van der Waals surface area contributed by atoms with E-state index >= 15 is 0 Å². The van der Waals surface area contributed by atoms with Crippen LogP contribution in [0, 0.1) is 5.92 Å². The Kier molecular flexibility index (Phi) is 8.87. The van der Waals surface area contributed by atoms with Gasteiger partial charge in [0.1, 0.15) is 0 Å². The molecule has 6 nitrogen and oxygen atoms in total. The van der Waals surface area contributed by atoms with Gasteiger partial charge in [-0.05, 0) is 18.8 Å². The molecule has 2 unspecified atom stereocenters. The molecule has 2 aliphatic rings. The van der Waals surface area contributed by atoms with Crippen LogP contribution < -0.4 is 11.1 Å². The van der Waals surface area contributed by atoms with Gasteiger partial charge in [0, 0.05) is 45.2 Å². The third-order valence-electron chi connectivity index (χ3n) is 4.75. The Morgan fingerprint density at radius 3 is 2.48 bits per heavy atom. The van der Waals surface area contributed by atoms with Gasteiger partial charge in [-0.25, -0.2) is 0 Å². The zero-order valence-electron chi connectivity index (χ0n) is 14.1. The molecule has 0 radical (unpaired) electrons. The molecule has 1 heterocycles. The molecule has 0 bridgehead atoms. The van der Waals surface area contributed by atoms with E-state index in [0.717, 1.165) is 31.8 Å². The van der Waals surface area contributed by atoms with Crippen molar-refractivity contribution < 1.29 is 9.59 Å². The summed E-state index contributed by atoms with van der Waals surface area (Å²) in [6.07, 6.45) is 5.13. The lowest BCUT2D eigenvalue weighted by Crippen LogP contribution is -2.52. The van der Waals surface area contributed by atoms with Gasteiger partial charge in [-0.1, -0.05) is 19.8 Å². The largest absolute Gasteiger partial charge is 0.352 e. The van der Waals surface area contributed by atoms with Crippen LogP contribution in [0.1, 0.15) is 39.0 Å². The summed E-state index contributed by atoms with van der Waals surface area (Å²) < 4.78 is 0. The Morgan fingerprint density at radius 1 is 1.17 bits per heavy atom. The van der Waals surface area contributed by atoms with E-state index in [4.69, 9.17) is 5.73 Å². The van der Waals surface area contributed by atoms with Crippen molar-refractivity contribution in [2.75, 3.05) is 39.3 Å². The predicted molar refractivity (Wildman–Crippen MR) is 93.5 cm³/mol. The SMILES string of the molecule is CC1CCCC(NC(=O)CN2CCN(C(=O)CCN)CC2)C1.Cl. The maximum absolute atomic E-state index is 12.2. The fourth-order valence-electron chi connectivity index (χ4n) is 3.48. The van der Waals surface area contributed by atoms with E-state index in [0.29, 0.717) is 38.6 Å². The fraction of sp³-hybridized carbons (Fsp3) is 0.875. The van der Waals surface area contributed by atoms with E-state index < -0.39 is 0 Å². The first-order chi connectivity index (χ1) is 10.6. The Bertz CT molecular complexity index is 386. The molecule has 1 aliphatic carbocycles. The Morgan fingerprint density at radius 2 is 1.87 bits per heavy atom. The van der Waals surface area contributed by atoms with E-state index in [1.165, 1.54) is 12.8 Å². The molecule has 2 fully saturated rings. The highest BCUT2D eigenvalue weighted by Crippen LogP contribution is 2.23. The first-order valence-corrected chi connectivity index (χ1v) is 8.58. The van der Waals surface area contributed by atoms with Gasteiger partial charge in [-0.2, -0.15) is 0 Å². The summed E-state index contributed by atoms with van der Waals surface area (Å²) in [6, 6.07) is 0.351. The first kappa shape index (κ1) is 20.2. The summed E-state index contributed by atoms with van der Waals surface area (Å²) in [5.74, 6) is 0.972. The van der Waals surface area contributed by atoms with Gasteiger partial charge < -0.3 is 16.0 Å². The Hall–Kier alpha value is -0.850. The van der Waals surface area contributed by atoms with Crippen LogP contribution >= 0.6 is 12.4 Å². The molecule has 3 N–H and O–H groups in total. The lowest BCUT2D eigenvalue weighted by molar-refractivity contribution is -0.133. The van der Waals surface area contributed by atoms with E-state index in [2.05, 4.69) is 17.1 Å². The Labute approximate surface area is 145 Å². The molecule has 0 aromatic heterocycles. The lowest BCUT2D eigenvalue weighted by Gasteiger charge is -2.35. The van der Waals surface area contributed by atoms with E-state index in [1.807, 2.05) is 4.90 Å². The molecule has 1 saturated heterocycles. The van der Waals surface area contributed by atoms with Gasteiger partial charge in [0.05, 0.1) is 6.54 Å². The quantitative estimate of drug-likeness (QED) is 0.764. The molecule has 23 heavy (non-hydrogen) atoms. The number of nitrogens with one attached hydrogen (secondary N) is 1. The first-order valence-electron chi connectivity index (χ1n) is 8.58. The highest BCUT2D eigenvalue weighted by Gasteiger charge is 2.24. The second-order valence-electron chi connectivity index (χ2n) is 6.73. The summed E-state index contributed by atoms with van der Waals surface area (Å²) in [5.41, 5.74) is 5.42. The minimum absolute atomic E-state index is 0. The minimum atomic E-state index is 0. The van der Waals surface area contributed by atoms with E-state index in [-0.39, 0.29) is 24.2 Å². The zero-order chi connectivity index (χ0) is 15.9. The van der Waals surface area contributed by atoms with Crippen LogP contribution in [0.3, 0.4) is 0 Å². The number of hydrogen-bond acceptors (Lipinski definition) is 4. The van der Waals surface area contributed by atoms with Crippen molar-refractivity contribution in [1.29, 1.82) is 0 Å². The second kappa shape index (κ2) is 10.1. The van der Waals surface area contributed by atoms with Crippen molar-refractivity contribution in [3.63, 3.8) is 0 Å². The summed E-state index contributed by atoms with van der Waals surface area (Å²) in [7, 11) is 0. The molecular weight excluding hydrogens is 316 g/mol. The smallest absolute Gasteiger partial charge is 0.234 e. The van der Waals surface area contributed by atoms with E-state index in [1.54, 1.807) is 0 Å². The van der Waals surface area contributed by atoms with Crippen molar-refractivity contribution >= 4 is 24.2 Å². The normalized spacial score (nSPS) is 25.6. The molecule has 0 aromatic carbocycles. The van der Waals surface area contributed by atoms with Crippen molar-refractivity contribution in [2.24, 2.45) is 11.7 Å². The fourth-order valence-corrected chi connectivity index (χ4v) is 3.48. The summed E-state index contributed by atoms with van der Waals surface area (Å²) in [6.45, 7) is 6.05. The molecule has 134 valence electrons. The van der Waals surface area contributed by atoms with Gasteiger partial charge >= 0.3 is 0 Å². The molecule has 2 atom stereocenters. The summed E-state index contributed by atoms with van der Waals surface area (Å²) in [5, 5.41) is 3.17. The molecule has 2 rings (SSSR count). The van der Waals surface area contributed by atoms with Crippen LogP contribution in [-0.4, -0.2) is 66.9 Å². The predicted octanol–water partition coefficient (Wildman–Crippen LogP) is 0.596. The maximum atomic E-state index is 12.2. The van der Waals surface area contributed by atoms with E-state index in [9.17, 15) is 9.59 Å². The molecular formula is C16H31ClN4O2. The molecule has 0 aromatic rings. The number of nitrogens with two attached hydrogens (primary N) is 1. The van der Waals surface area contributed by atoms with Crippen molar-refractivity contribution in [3.05, 3.63) is 0 Å². The third kappa shape index (κ3) is 6.65. The number of rotatable bonds is 5. The maximum Gasteiger partial charge on any atom is 0.234 e. The van der Waals surface area contributed by atoms with Crippen molar-refractivity contribution in [1.82, 2.24) is 15.1 Å².